The van der Waals surface area contributed by atoms with E-state index >= 15 is 0 Å². The first-order valence-corrected chi connectivity index (χ1v) is 5.58. The summed E-state index contributed by atoms with van der Waals surface area (Å²) in [5, 5.41) is 0. The second-order valence-electron chi connectivity index (χ2n) is 4.33. The van der Waals surface area contributed by atoms with Gasteiger partial charge in [-0.15, -0.1) is 0 Å². The Morgan fingerprint density at radius 3 is 2.50 bits per heavy atom. The highest BCUT2D eigenvalue weighted by Gasteiger charge is 2.09. The molecule has 0 radical (unpaired) electrons. The molecule has 1 rings (SSSR count). The molecule has 0 amide bonds. The molecule has 2 N–H and O–H groups in total. The van der Waals surface area contributed by atoms with Crippen molar-refractivity contribution in [2.45, 2.75) is 33.5 Å². The van der Waals surface area contributed by atoms with E-state index < -0.39 is 0 Å². The fourth-order valence-corrected chi connectivity index (χ4v) is 1.32. The number of rotatable bonds is 5. The number of nitrogen functional groups attached to an aromatic ring is 1. The van der Waals surface area contributed by atoms with Gasteiger partial charge in [-0.3, -0.25) is 0 Å². The molecule has 0 aliphatic carbocycles. The SMILES string of the molecule is COc1ccc(N)cc1CO[C@@H](C)C(C)C. The summed E-state index contributed by atoms with van der Waals surface area (Å²) in [5.41, 5.74) is 7.47. The topological polar surface area (TPSA) is 44.5 Å². The molecule has 0 fully saturated rings. The van der Waals surface area contributed by atoms with Crippen LogP contribution in [0, 0.1) is 5.92 Å². The van der Waals surface area contributed by atoms with Gasteiger partial charge in [-0.2, -0.15) is 0 Å². The van der Waals surface area contributed by atoms with E-state index in [0.29, 0.717) is 12.5 Å². The molecule has 0 saturated heterocycles. The number of hydrogen-bond acceptors (Lipinski definition) is 3. The zero-order valence-electron chi connectivity index (χ0n) is 10.5. The smallest absolute Gasteiger partial charge is 0.124 e. The van der Waals surface area contributed by atoms with Gasteiger partial charge in [-0.1, -0.05) is 13.8 Å². The monoisotopic (exact) mass is 223 g/mol. The maximum Gasteiger partial charge on any atom is 0.124 e. The Morgan fingerprint density at radius 2 is 1.94 bits per heavy atom. The van der Waals surface area contributed by atoms with Crippen molar-refractivity contribution in [2.75, 3.05) is 12.8 Å². The number of anilines is 1. The summed E-state index contributed by atoms with van der Waals surface area (Å²) in [5.74, 6) is 1.33. The summed E-state index contributed by atoms with van der Waals surface area (Å²) in [6.45, 7) is 6.89. The lowest BCUT2D eigenvalue weighted by Crippen LogP contribution is -2.15. The summed E-state index contributed by atoms with van der Waals surface area (Å²) in [6, 6.07) is 5.59. The van der Waals surface area contributed by atoms with Crippen molar-refractivity contribution >= 4 is 5.69 Å². The van der Waals surface area contributed by atoms with E-state index in [1.54, 1.807) is 7.11 Å². The first kappa shape index (κ1) is 12.8. The van der Waals surface area contributed by atoms with E-state index in [9.17, 15) is 0 Å². The number of ether oxygens (including phenoxy) is 2. The summed E-state index contributed by atoms with van der Waals surface area (Å²) < 4.78 is 11.0. The van der Waals surface area contributed by atoms with E-state index in [2.05, 4.69) is 20.8 Å². The van der Waals surface area contributed by atoms with Crippen LogP contribution in [0.5, 0.6) is 5.75 Å². The van der Waals surface area contributed by atoms with Crippen LogP contribution in [0.1, 0.15) is 26.3 Å². The predicted octanol–water partition coefficient (Wildman–Crippen LogP) is 2.84. The van der Waals surface area contributed by atoms with Gasteiger partial charge >= 0.3 is 0 Å². The van der Waals surface area contributed by atoms with Crippen molar-refractivity contribution in [3.63, 3.8) is 0 Å². The lowest BCUT2D eigenvalue weighted by molar-refractivity contribution is 0.0226. The molecule has 0 unspecified atom stereocenters. The molecule has 90 valence electrons. The van der Waals surface area contributed by atoms with Gasteiger partial charge in [0.05, 0.1) is 19.8 Å². The highest BCUT2D eigenvalue weighted by molar-refractivity contribution is 5.47. The molecule has 3 heteroatoms. The third-order valence-electron chi connectivity index (χ3n) is 2.75. The molecule has 16 heavy (non-hydrogen) atoms. The highest BCUT2D eigenvalue weighted by atomic mass is 16.5. The number of hydrogen-bond donors (Lipinski definition) is 1. The minimum absolute atomic E-state index is 0.228. The van der Waals surface area contributed by atoms with Gasteiger partial charge in [0.2, 0.25) is 0 Å². The molecule has 1 aromatic carbocycles. The summed E-state index contributed by atoms with van der Waals surface area (Å²) in [4.78, 5) is 0. The maximum absolute atomic E-state index is 5.75. The van der Waals surface area contributed by atoms with Crippen molar-refractivity contribution in [1.82, 2.24) is 0 Å². The van der Waals surface area contributed by atoms with Crippen LogP contribution in [-0.4, -0.2) is 13.2 Å². The van der Waals surface area contributed by atoms with Gasteiger partial charge in [0.1, 0.15) is 5.75 Å². The Hall–Kier alpha value is -1.22. The average Bonchev–Trinajstić information content (AvgIpc) is 2.25. The predicted molar refractivity (Wildman–Crippen MR) is 66.5 cm³/mol. The van der Waals surface area contributed by atoms with Gasteiger partial charge in [-0.25, -0.2) is 0 Å². The van der Waals surface area contributed by atoms with Gasteiger partial charge in [0, 0.05) is 11.3 Å². The molecule has 0 aliphatic heterocycles. The van der Waals surface area contributed by atoms with E-state index in [1.165, 1.54) is 0 Å². The van der Waals surface area contributed by atoms with Gasteiger partial charge in [0.25, 0.3) is 0 Å². The quantitative estimate of drug-likeness (QED) is 0.781. The Kier molecular flexibility index (Phi) is 4.62. The minimum atomic E-state index is 0.228. The van der Waals surface area contributed by atoms with Crippen molar-refractivity contribution in [2.24, 2.45) is 5.92 Å². The normalized spacial score (nSPS) is 12.8. The summed E-state index contributed by atoms with van der Waals surface area (Å²) >= 11 is 0. The lowest BCUT2D eigenvalue weighted by atomic mass is 10.1. The molecule has 1 aromatic rings. The first-order chi connectivity index (χ1) is 7.54. The highest BCUT2D eigenvalue weighted by Crippen LogP contribution is 2.22. The zero-order chi connectivity index (χ0) is 12.1. The number of benzene rings is 1. The van der Waals surface area contributed by atoms with Gasteiger partial charge in [-0.05, 0) is 31.0 Å². The van der Waals surface area contributed by atoms with E-state index in [1.807, 2.05) is 18.2 Å². The van der Waals surface area contributed by atoms with Crippen LogP contribution in [0.25, 0.3) is 0 Å². The van der Waals surface area contributed by atoms with Crippen molar-refractivity contribution in [3.8, 4) is 5.75 Å². The van der Waals surface area contributed by atoms with Gasteiger partial charge in [0.15, 0.2) is 0 Å². The Morgan fingerprint density at radius 1 is 1.25 bits per heavy atom. The van der Waals surface area contributed by atoms with E-state index in [0.717, 1.165) is 17.0 Å². The molecule has 0 heterocycles. The Labute approximate surface area is 97.6 Å². The first-order valence-electron chi connectivity index (χ1n) is 5.58. The van der Waals surface area contributed by atoms with Crippen LogP contribution in [0.2, 0.25) is 0 Å². The molecule has 0 aliphatic rings. The molecular formula is C13H21NO2. The minimum Gasteiger partial charge on any atom is -0.496 e. The van der Waals surface area contributed by atoms with E-state index in [-0.39, 0.29) is 6.10 Å². The molecule has 0 spiro atoms. The number of methoxy groups -OCH3 is 1. The lowest BCUT2D eigenvalue weighted by Gasteiger charge is -2.17. The van der Waals surface area contributed by atoms with Crippen molar-refractivity contribution in [3.05, 3.63) is 23.8 Å². The third kappa shape index (κ3) is 3.42. The van der Waals surface area contributed by atoms with Crippen LogP contribution < -0.4 is 10.5 Å². The molecular weight excluding hydrogens is 202 g/mol. The second kappa shape index (κ2) is 5.75. The van der Waals surface area contributed by atoms with Crippen molar-refractivity contribution in [1.29, 1.82) is 0 Å². The van der Waals surface area contributed by atoms with Crippen LogP contribution in [0.3, 0.4) is 0 Å². The Bertz CT molecular complexity index is 337. The molecule has 0 bridgehead atoms. The third-order valence-corrected chi connectivity index (χ3v) is 2.75. The van der Waals surface area contributed by atoms with Gasteiger partial charge < -0.3 is 15.2 Å². The van der Waals surface area contributed by atoms with Crippen LogP contribution in [0.4, 0.5) is 5.69 Å². The standard InChI is InChI=1S/C13H21NO2/c1-9(2)10(3)16-8-11-7-12(14)5-6-13(11)15-4/h5-7,9-10H,8,14H2,1-4H3/t10-/m0/s1. The second-order valence-corrected chi connectivity index (χ2v) is 4.33. The Balaban J connectivity index is 2.68. The zero-order valence-corrected chi connectivity index (χ0v) is 10.5. The fraction of sp³-hybridized carbons (Fsp3) is 0.538. The fourth-order valence-electron chi connectivity index (χ4n) is 1.32. The molecule has 3 nitrogen and oxygen atoms in total. The largest absolute Gasteiger partial charge is 0.496 e. The van der Waals surface area contributed by atoms with Crippen LogP contribution in [0.15, 0.2) is 18.2 Å². The van der Waals surface area contributed by atoms with E-state index in [4.69, 9.17) is 15.2 Å². The molecule has 0 aromatic heterocycles. The van der Waals surface area contributed by atoms with Crippen LogP contribution in [-0.2, 0) is 11.3 Å². The molecule has 0 saturated carbocycles. The summed E-state index contributed by atoms with van der Waals surface area (Å²) in [6.07, 6.45) is 0.228. The van der Waals surface area contributed by atoms with Crippen molar-refractivity contribution < 1.29 is 9.47 Å². The summed E-state index contributed by atoms with van der Waals surface area (Å²) in [7, 11) is 1.65. The average molecular weight is 223 g/mol. The molecule has 1 atom stereocenters. The maximum atomic E-state index is 5.75. The van der Waals surface area contributed by atoms with Crippen LogP contribution >= 0.6 is 0 Å². The number of nitrogens with two attached hydrogens (primary N) is 1.